The molecule has 0 fully saturated rings. The molecule has 3 rings (SSSR count). The van der Waals surface area contributed by atoms with E-state index < -0.39 is 4.92 Å². The molecule has 0 spiro atoms. The Bertz CT molecular complexity index is 1020. The highest BCUT2D eigenvalue weighted by Crippen LogP contribution is 2.44. The molecule has 8 heteroatoms. The van der Waals surface area contributed by atoms with Crippen LogP contribution < -0.4 is 10.3 Å². The molecule has 7 nitrogen and oxygen atoms in total. The normalized spacial score (nSPS) is 17.4. The Kier molecular flexibility index (Phi) is 7.23. The SMILES string of the molecule is CC(C)N1c2ccc(/C=N\NC(=O)CSc3ccc([N+](=O)[O-])cc3)cc2[C@H](C)CC1(C)C. The molecule has 0 bridgehead atoms. The van der Waals surface area contributed by atoms with Gasteiger partial charge in [0.1, 0.15) is 0 Å². The van der Waals surface area contributed by atoms with Crippen molar-refractivity contribution in [1.82, 2.24) is 5.43 Å². The molecule has 0 aromatic heterocycles. The number of non-ortho nitro benzene ring substituents is 1. The Balaban J connectivity index is 1.60. The third-order valence-electron chi connectivity index (χ3n) is 5.64. The lowest BCUT2D eigenvalue weighted by Crippen LogP contribution is -2.51. The maximum absolute atomic E-state index is 12.1. The Hall–Kier alpha value is -2.87. The third-order valence-corrected chi connectivity index (χ3v) is 6.65. The van der Waals surface area contributed by atoms with Crippen LogP contribution in [0, 0.1) is 10.1 Å². The number of anilines is 1. The zero-order valence-electron chi connectivity index (χ0n) is 19.2. The number of amides is 1. The van der Waals surface area contributed by atoms with Gasteiger partial charge in [-0.05, 0) is 75.4 Å². The first-order valence-corrected chi connectivity index (χ1v) is 11.7. The number of hydrogen-bond donors (Lipinski definition) is 1. The summed E-state index contributed by atoms with van der Waals surface area (Å²) < 4.78 is 0. The number of hydrogen-bond acceptors (Lipinski definition) is 6. The van der Waals surface area contributed by atoms with Gasteiger partial charge in [0, 0.05) is 34.3 Å². The van der Waals surface area contributed by atoms with Crippen molar-refractivity contribution in [2.24, 2.45) is 5.10 Å². The molecule has 1 N–H and O–H groups in total. The summed E-state index contributed by atoms with van der Waals surface area (Å²) in [6.45, 7) is 11.3. The van der Waals surface area contributed by atoms with E-state index in [0.29, 0.717) is 12.0 Å². The van der Waals surface area contributed by atoms with Crippen LogP contribution in [0.5, 0.6) is 0 Å². The van der Waals surface area contributed by atoms with Gasteiger partial charge < -0.3 is 4.90 Å². The first-order valence-electron chi connectivity index (χ1n) is 10.7. The van der Waals surface area contributed by atoms with E-state index in [1.807, 2.05) is 6.07 Å². The number of nitrogens with one attached hydrogen (secondary N) is 1. The quantitative estimate of drug-likeness (QED) is 0.264. The highest BCUT2D eigenvalue weighted by atomic mass is 32.2. The Morgan fingerprint density at radius 1 is 1.31 bits per heavy atom. The molecule has 0 aliphatic carbocycles. The van der Waals surface area contributed by atoms with E-state index in [1.165, 1.54) is 35.1 Å². The molecule has 1 atom stereocenters. The topological polar surface area (TPSA) is 87.8 Å². The molecule has 1 aliphatic rings. The van der Waals surface area contributed by atoms with Crippen molar-refractivity contribution in [1.29, 1.82) is 0 Å². The minimum Gasteiger partial charge on any atom is -0.364 e. The number of carbonyl (C=O) groups is 1. The van der Waals surface area contributed by atoms with Gasteiger partial charge in [0.15, 0.2) is 0 Å². The van der Waals surface area contributed by atoms with Crippen molar-refractivity contribution >= 4 is 35.3 Å². The number of fused-ring (bicyclic) bond motifs is 1. The van der Waals surface area contributed by atoms with Crippen LogP contribution >= 0.6 is 11.8 Å². The average Bonchev–Trinajstić information content (AvgIpc) is 2.72. The Morgan fingerprint density at radius 2 is 2.00 bits per heavy atom. The predicted octanol–water partition coefficient (Wildman–Crippen LogP) is 5.34. The van der Waals surface area contributed by atoms with E-state index in [1.54, 1.807) is 18.3 Å². The average molecular weight is 455 g/mol. The summed E-state index contributed by atoms with van der Waals surface area (Å²) in [5.74, 6) is 0.383. The van der Waals surface area contributed by atoms with Crippen LogP contribution in [0.25, 0.3) is 0 Å². The number of hydrazone groups is 1. The van der Waals surface area contributed by atoms with Crippen molar-refractivity contribution < 1.29 is 9.72 Å². The first kappa shape index (κ1) is 23.8. The summed E-state index contributed by atoms with van der Waals surface area (Å²) in [7, 11) is 0. The Labute approximate surface area is 193 Å². The van der Waals surface area contributed by atoms with Gasteiger partial charge in [0.05, 0.1) is 16.9 Å². The summed E-state index contributed by atoms with van der Waals surface area (Å²) in [5, 5.41) is 14.8. The number of nitro benzene ring substituents is 1. The molecule has 1 aliphatic heterocycles. The maximum Gasteiger partial charge on any atom is 0.269 e. The van der Waals surface area contributed by atoms with Crippen LogP contribution in [0.3, 0.4) is 0 Å². The van der Waals surface area contributed by atoms with Gasteiger partial charge in [0.25, 0.3) is 5.69 Å². The maximum atomic E-state index is 12.1. The fourth-order valence-corrected chi connectivity index (χ4v) is 5.24. The van der Waals surface area contributed by atoms with Crippen LogP contribution in [0.15, 0.2) is 52.5 Å². The number of nitro groups is 1. The Morgan fingerprint density at radius 3 is 2.62 bits per heavy atom. The van der Waals surface area contributed by atoms with Crippen LogP contribution in [-0.2, 0) is 4.79 Å². The largest absolute Gasteiger partial charge is 0.364 e. The minimum absolute atomic E-state index is 0.0304. The van der Waals surface area contributed by atoms with Gasteiger partial charge in [0.2, 0.25) is 5.91 Å². The highest BCUT2D eigenvalue weighted by Gasteiger charge is 2.37. The summed E-state index contributed by atoms with van der Waals surface area (Å²) >= 11 is 1.30. The lowest BCUT2D eigenvalue weighted by molar-refractivity contribution is -0.384. The van der Waals surface area contributed by atoms with Gasteiger partial charge in [-0.15, -0.1) is 11.8 Å². The number of rotatable bonds is 7. The van der Waals surface area contributed by atoms with Gasteiger partial charge in [-0.3, -0.25) is 14.9 Å². The number of thioether (sulfide) groups is 1. The predicted molar refractivity (Wildman–Crippen MR) is 131 cm³/mol. The lowest BCUT2D eigenvalue weighted by Gasteiger charge is -2.50. The molecule has 0 unspecified atom stereocenters. The van der Waals surface area contributed by atoms with E-state index in [-0.39, 0.29) is 22.9 Å². The zero-order chi connectivity index (χ0) is 23.5. The van der Waals surface area contributed by atoms with Crippen molar-refractivity contribution in [3.05, 3.63) is 63.7 Å². The molecule has 2 aromatic carbocycles. The van der Waals surface area contributed by atoms with Crippen LogP contribution in [-0.4, -0.2) is 34.4 Å². The zero-order valence-corrected chi connectivity index (χ0v) is 20.0. The molecule has 32 heavy (non-hydrogen) atoms. The summed E-state index contributed by atoms with van der Waals surface area (Å²) in [6.07, 6.45) is 2.75. The van der Waals surface area contributed by atoms with E-state index in [4.69, 9.17) is 0 Å². The van der Waals surface area contributed by atoms with Gasteiger partial charge in [-0.1, -0.05) is 13.0 Å². The van der Waals surface area contributed by atoms with Crippen LogP contribution in [0.2, 0.25) is 0 Å². The monoisotopic (exact) mass is 454 g/mol. The second kappa shape index (κ2) is 9.73. The van der Waals surface area contributed by atoms with Gasteiger partial charge >= 0.3 is 0 Å². The number of nitrogens with zero attached hydrogens (tertiary/aromatic N) is 3. The molecular weight excluding hydrogens is 424 g/mol. The first-order chi connectivity index (χ1) is 15.1. The highest BCUT2D eigenvalue weighted by molar-refractivity contribution is 8.00. The fraction of sp³-hybridized carbons (Fsp3) is 0.417. The minimum atomic E-state index is -0.446. The van der Waals surface area contributed by atoms with Crippen molar-refractivity contribution in [3.8, 4) is 0 Å². The second-order valence-corrected chi connectivity index (χ2v) is 10.1. The van der Waals surface area contributed by atoms with E-state index >= 15 is 0 Å². The number of benzene rings is 2. The molecular formula is C24H30N4O3S. The molecule has 0 saturated heterocycles. The molecule has 2 aromatic rings. The van der Waals surface area contributed by atoms with Crippen molar-refractivity contribution in [3.63, 3.8) is 0 Å². The molecule has 1 heterocycles. The summed E-state index contributed by atoms with van der Waals surface area (Å²) in [4.78, 5) is 25.6. The van der Waals surface area contributed by atoms with Crippen LogP contribution in [0.1, 0.15) is 58.1 Å². The van der Waals surface area contributed by atoms with Crippen LogP contribution in [0.4, 0.5) is 11.4 Å². The second-order valence-electron chi connectivity index (χ2n) is 9.03. The summed E-state index contributed by atoms with van der Waals surface area (Å²) in [5.41, 5.74) is 6.21. The standard InChI is InChI=1S/C24H30N4O3S/c1-16(2)27-22-11-6-18(12-21(22)17(3)13-24(27,4)5)14-25-26-23(29)15-32-20-9-7-19(8-10-20)28(30)31/h6-12,14,16-17H,13,15H2,1-5H3,(H,26,29)/b25-14-/t17-/m1/s1. The molecule has 0 saturated carbocycles. The van der Waals surface area contributed by atoms with Gasteiger partial charge in [-0.25, -0.2) is 5.43 Å². The smallest absolute Gasteiger partial charge is 0.269 e. The molecule has 170 valence electrons. The van der Waals surface area contributed by atoms with Crippen molar-refractivity contribution in [2.45, 2.75) is 63.4 Å². The van der Waals surface area contributed by atoms with E-state index in [9.17, 15) is 14.9 Å². The van der Waals surface area contributed by atoms with Gasteiger partial charge in [-0.2, -0.15) is 5.10 Å². The fourth-order valence-electron chi connectivity index (χ4n) is 4.55. The molecule has 1 amide bonds. The molecule has 0 radical (unpaired) electrons. The summed E-state index contributed by atoms with van der Waals surface area (Å²) in [6, 6.07) is 12.9. The van der Waals surface area contributed by atoms with Crippen molar-refractivity contribution in [2.75, 3.05) is 10.7 Å². The van der Waals surface area contributed by atoms with E-state index in [0.717, 1.165) is 16.9 Å². The number of carbonyl (C=O) groups excluding carboxylic acids is 1. The lowest BCUT2D eigenvalue weighted by atomic mass is 9.79. The van der Waals surface area contributed by atoms with E-state index in [2.05, 4.69) is 62.2 Å². The third kappa shape index (κ3) is 5.48.